The lowest BCUT2D eigenvalue weighted by Crippen LogP contribution is -2.38. The van der Waals surface area contributed by atoms with Crippen LogP contribution < -0.4 is 16.0 Å². The van der Waals surface area contributed by atoms with E-state index in [1.807, 2.05) is 20.8 Å². The van der Waals surface area contributed by atoms with Crippen LogP contribution in [0.25, 0.3) is 11.0 Å². The Bertz CT molecular complexity index is 1410. The van der Waals surface area contributed by atoms with E-state index >= 15 is 0 Å². The molecule has 3 heterocycles. The van der Waals surface area contributed by atoms with Crippen molar-refractivity contribution in [3.8, 4) is 5.75 Å². The minimum absolute atomic E-state index is 0.0513. The molecule has 0 saturated carbocycles. The monoisotopic (exact) mass is 473 g/mol. The summed E-state index contributed by atoms with van der Waals surface area (Å²) in [7, 11) is 2.96. The second-order valence-electron chi connectivity index (χ2n) is 8.76. The van der Waals surface area contributed by atoms with Gasteiger partial charge in [0.1, 0.15) is 22.0 Å². The van der Waals surface area contributed by atoms with Crippen LogP contribution in [0.15, 0.2) is 26.7 Å². The van der Waals surface area contributed by atoms with Gasteiger partial charge in [0.2, 0.25) is 0 Å². The van der Waals surface area contributed by atoms with Crippen LogP contribution in [0.2, 0.25) is 0 Å². The number of nitro groups is 1. The normalized spacial score (nSPS) is 13.6. The summed E-state index contributed by atoms with van der Waals surface area (Å²) in [6, 6.07) is 2.89. The van der Waals surface area contributed by atoms with Gasteiger partial charge in [-0.05, 0) is 0 Å². The molecule has 0 spiro atoms. The Morgan fingerprint density at radius 3 is 2.58 bits per heavy atom. The summed E-state index contributed by atoms with van der Waals surface area (Å²) in [4.78, 5) is 45.6. The second-order valence-corrected chi connectivity index (χ2v) is 9.72. The van der Waals surface area contributed by atoms with E-state index in [9.17, 15) is 19.7 Å². The zero-order valence-electron chi connectivity index (χ0n) is 18.9. The zero-order valence-corrected chi connectivity index (χ0v) is 19.7. The molecule has 12 heteroatoms. The first-order valence-corrected chi connectivity index (χ1v) is 11.1. The Morgan fingerprint density at radius 2 is 1.91 bits per heavy atom. The quantitative estimate of drug-likeness (QED) is 0.242. The Labute approximate surface area is 192 Å². The molecule has 0 bridgehead atoms. The van der Waals surface area contributed by atoms with Crippen molar-refractivity contribution in [3.05, 3.63) is 60.0 Å². The Hall–Kier alpha value is -3.25. The topological polar surface area (TPSA) is 131 Å². The molecule has 2 aromatic heterocycles. The second kappa shape index (κ2) is 8.27. The Kier molecular flexibility index (Phi) is 5.74. The lowest BCUT2D eigenvalue weighted by molar-refractivity contribution is -0.385. The maximum absolute atomic E-state index is 13.0. The molecule has 0 atom stereocenters. The van der Waals surface area contributed by atoms with Crippen LogP contribution in [0.1, 0.15) is 37.7 Å². The summed E-state index contributed by atoms with van der Waals surface area (Å²) in [5, 5.41) is 12.0. The lowest BCUT2D eigenvalue weighted by Gasteiger charge is -2.21. The van der Waals surface area contributed by atoms with Crippen LogP contribution in [0.5, 0.6) is 5.75 Å². The number of hydrogen-bond acceptors (Lipinski definition) is 9. The number of ether oxygens (including phenoxy) is 2. The molecule has 0 unspecified atom stereocenters. The molecule has 11 nitrogen and oxygen atoms in total. The number of nitro benzene ring substituents is 1. The van der Waals surface area contributed by atoms with Crippen molar-refractivity contribution >= 4 is 28.5 Å². The van der Waals surface area contributed by atoms with Gasteiger partial charge in [0, 0.05) is 48.5 Å². The summed E-state index contributed by atoms with van der Waals surface area (Å²) in [6.45, 7) is 6.07. The summed E-state index contributed by atoms with van der Waals surface area (Å²) in [5.74, 6) is 1.27. The molecule has 0 saturated heterocycles. The van der Waals surface area contributed by atoms with Gasteiger partial charge in [-0.1, -0.05) is 20.8 Å². The third-order valence-electron chi connectivity index (χ3n) is 5.28. The smallest absolute Gasteiger partial charge is 0.332 e. The van der Waals surface area contributed by atoms with Gasteiger partial charge >= 0.3 is 5.69 Å². The largest absolute Gasteiger partial charge is 0.467 e. The van der Waals surface area contributed by atoms with E-state index in [0.717, 1.165) is 4.57 Å². The molecule has 0 N–H and O–H groups in total. The van der Waals surface area contributed by atoms with Crippen LogP contribution in [-0.4, -0.2) is 30.8 Å². The highest BCUT2D eigenvalue weighted by Crippen LogP contribution is 2.37. The number of benzene rings is 1. The molecular formula is C21H23N5O6S. The Balaban J connectivity index is 1.88. The maximum Gasteiger partial charge on any atom is 0.332 e. The minimum Gasteiger partial charge on any atom is -0.467 e. The predicted octanol–water partition coefficient (Wildman–Crippen LogP) is 2.39. The van der Waals surface area contributed by atoms with E-state index in [-0.39, 0.29) is 35.9 Å². The molecule has 1 aliphatic rings. The van der Waals surface area contributed by atoms with E-state index < -0.39 is 21.6 Å². The minimum atomic E-state index is -0.498. The van der Waals surface area contributed by atoms with Crippen LogP contribution in [0.4, 0.5) is 5.69 Å². The fraction of sp³-hybridized carbons (Fsp3) is 0.429. The average molecular weight is 474 g/mol. The number of aromatic nitrogens is 4. The fourth-order valence-corrected chi connectivity index (χ4v) is 4.49. The number of thioether (sulfide) groups is 1. The van der Waals surface area contributed by atoms with E-state index in [0.29, 0.717) is 27.7 Å². The first-order valence-electron chi connectivity index (χ1n) is 10.1. The molecule has 3 aromatic rings. The number of hydrogen-bond donors (Lipinski definition) is 0. The van der Waals surface area contributed by atoms with E-state index in [2.05, 4.69) is 9.97 Å². The van der Waals surface area contributed by atoms with Crippen molar-refractivity contribution in [1.82, 2.24) is 19.1 Å². The summed E-state index contributed by atoms with van der Waals surface area (Å²) in [6.07, 6.45) is 0. The first kappa shape index (κ1) is 22.9. The van der Waals surface area contributed by atoms with Gasteiger partial charge in [0.25, 0.3) is 11.2 Å². The number of non-ortho nitro benzene ring substituents is 1. The predicted molar refractivity (Wildman–Crippen MR) is 122 cm³/mol. The molecule has 0 amide bonds. The molecule has 0 aliphatic carbocycles. The Morgan fingerprint density at radius 1 is 1.18 bits per heavy atom. The summed E-state index contributed by atoms with van der Waals surface area (Å²) >= 11 is 1.24. The van der Waals surface area contributed by atoms with Gasteiger partial charge in [-0.25, -0.2) is 14.8 Å². The lowest BCUT2D eigenvalue weighted by atomic mass is 9.96. The zero-order chi connectivity index (χ0) is 24.1. The highest BCUT2D eigenvalue weighted by Gasteiger charge is 2.25. The van der Waals surface area contributed by atoms with Crippen LogP contribution >= 0.6 is 11.8 Å². The van der Waals surface area contributed by atoms with Gasteiger partial charge in [-0.2, -0.15) is 0 Å². The van der Waals surface area contributed by atoms with Crippen molar-refractivity contribution in [2.45, 2.75) is 43.6 Å². The van der Waals surface area contributed by atoms with Gasteiger partial charge in [-0.3, -0.25) is 24.0 Å². The maximum atomic E-state index is 13.0. The van der Waals surface area contributed by atoms with Gasteiger partial charge in [0.05, 0.1) is 11.5 Å². The highest BCUT2D eigenvalue weighted by molar-refractivity contribution is 7.98. The van der Waals surface area contributed by atoms with Crippen molar-refractivity contribution in [3.63, 3.8) is 0 Å². The van der Waals surface area contributed by atoms with Crippen LogP contribution in [0.3, 0.4) is 0 Å². The van der Waals surface area contributed by atoms with Crippen molar-refractivity contribution in [2.75, 3.05) is 6.79 Å². The van der Waals surface area contributed by atoms with Crippen molar-refractivity contribution < 1.29 is 14.4 Å². The molecule has 0 radical (unpaired) electrons. The van der Waals surface area contributed by atoms with E-state index in [1.165, 1.54) is 35.5 Å². The number of fused-ring (bicyclic) bond motifs is 2. The number of nitrogens with zero attached hydrogens (tertiary/aromatic N) is 5. The van der Waals surface area contributed by atoms with E-state index in [4.69, 9.17) is 9.47 Å². The molecule has 0 fully saturated rings. The fourth-order valence-electron chi connectivity index (χ4n) is 3.51. The molecule has 1 aromatic carbocycles. The average Bonchev–Trinajstić information content (AvgIpc) is 2.78. The van der Waals surface area contributed by atoms with Gasteiger partial charge in [0.15, 0.2) is 12.4 Å². The third kappa shape index (κ3) is 4.11. The standard InChI is InChI=1S/C21H23N5O6S/c1-21(2,3)19-22-16-14(18(27)25(5)20(28)24(16)4)17(23-19)33-9-12-7-13(26(29)30)6-11-8-31-10-32-15(11)12/h6-7H,8-10H2,1-5H3. The highest BCUT2D eigenvalue weighted by atomic mass is 32.2. The van der Waals surface area contributed by atoms with Crippen molar-refractivity contribution in [2.24, 2.45) is 14.1 Å². The number of aryl methyl sites for hydroxylation is 1. The van der Waals surface area contributed by atoms with E-state index in [1.54, 1.807) is 7.05 Å². The SMILES string of the molecule is Cn1c(=O)c2c(SCc3cc([N+](=O)[O-])cc4c3OCOC4)nc(C(C)(C)C)nc2n(C)c1=O. The molecule has 33 heavy (non-hydrogen) atoms. The summed E-state index contributed by atoms with van der Waals surface area (Å²) in [5.41, 5.74) is -0.0578. The van der Waals surface area contributed by atoms with Gasteiger partial charge < -0.3 is 9.47 Å². The van der Waals surface area contributed by atoms with Crippen LogP contribution in [-0.2, 0) is 36.6 Å². The third-order valence-corrected chi connectivity index (χ3v) is 6.31. The summed E-state index contributed by atoms with van der Waals surface area (Å²) < 4.78 is 13.2. The van der Waals surface area contributed by atoms with Crippen LogP contribution in [0, 0.1) is 10.1 Å². The molecule has 174 valence electrons. The first-order chi connectivity index (χ1) is 15.5. The van der Waals surface area contributed by atoms with Gasteiger partial charge in [-0.15, -0.1) is 11.8 Å². The molecular weight excluding hydrogens is 450 g/mol. The number of rotatable bonds is 4. The molecule has 1 aliphatic heterocycles. The van der Waals surface area contributed by atoms with Crippen molar-refractivity contribution in [1.29, 1.82) is 0 Å². The molecule has 4 rings (SSSR count).